The summed E-state index contributed by atoms with van der Waals surface area (Å²) in [6.45, 7) is 1.10. The van der Waals surface area contributed by atoms with Crippen molar-refractivity contribution in [2.24, 2.45) is 0 Å². The molecule has 0 unspecified atom stereocenters. The topological polar surface area (TPSA) is 97.3 Å². The Hall–Kier alpha value is -1.81. The lowest BCUT2D eigenvalue weighted by Gasteiger charge is -2.11. The van der Waals surface area contributed by atoms with E-state index >= 15 is 0 Å². The van der Waals surface area contributed by atoms with Crippen LogP contribution < -0.4 is 16.0 Å². The molecule has 0 heterocycles. The molecule has 0 bridgehead atoms. The molecule has 3 N–H and O–H groups in total. The van der Waals surface area contributed by atoms with E-state index in [4.69, 9.17) is 5.26 Å². The van der Waals surface area contributed by atoms with Gasteiger partial charge in [-0.25, -0.2) is 4.79 Å². The van der Waals surface area contributed by atoms with Crippen molar-refractivity contribution < 1.29 is 9.59 Å². The summed E-state index contributed by atoms with van der Waals surface area (Å²) in [5, 5.41) is 16.1. The van der Waals surface area contributed by atoms with Crippen LogP contribution in [-0.4, -0.2) is 57.1 Å². The number of amides is 3. The Bertz CT molecular complexity index is 272. The molecule has 0 fully saturated rings. The van der Waals surface area contributed by atoms with Gasteiger partial charge in [-0.15, -0.1) is 0 Å². The molecular formula is C9H17N5O2. The van der Waals surface area contributed by atoms with Gasteiger partial charge in [-0.2, -0.15) is 5.26 Å². The van der Waals surface area contributed by atoms with Gasteiger partial charge in [-0.3, -0.25) is 4.79 Å². The van der Waals surface area contributed by atoms with Gasteiger partial charge in [0.05, 0.1) is 12.6 Å². The molecule has 0 atom stereocenters. The number of nitriles is 1. The van der Waals surface area contributed by atoms with E-state index in [-0.39, 0.29) is 25.0 Å². The first-order valence-electron chi connectivity index (χ1n) is 4.87. The first kappa shape index (κ1) is 14.2. The summed E-state index contributed by atoms with van der Waals surface area (Å²) in [5.41, 5.74) is 0. The van der Waals surface area contributed by atoms with Gasteiger partial charge in [0, 0.05) is 27.2 Å². The van der Waals surface area contributed by atoms with Crippen LogP contribution in [0.5, 0.6) is 0 Å². The molecule has 0 aliphatic rings. The zero-order chi connectivity index (χ0) is 12.4. The summed E-state index contributed by atoms with van der Waals surface area (Å²) < 4.78 is 0. The lowest BCUT2D eigenvalue weighted by Crippen LogP contribution is -2.40. The molecule has 7 heteroatoms. The van der Waals surface area contributed by atoms with E-state index in [9.17, 15) is 9.59 Å². The number of urea groups is 1. The molecule has 3 amide bonds. The Morgan fingerprint density at radius 1 is 1.25 bits per heavy atom. The van der Waals surface area contributed by atoms with Crippen LogP contribution in [-0.2, 0) is 4.79 Å². The third-order valence-corrected chi connectivity index (χ3v) is 1.63. The Labute approximate surface area is 94.8 Å². The van der Waals surface area contributed by atoms with Crippen molar-refractivity contribution in [1.82, 2.24) is 20.9 Å². The molecule has 0 aliphatic heterocycles. The van der Waals surface area contributed by atoms with Crippen molar-refractivity contribution in [1.29, 1.82) is 5.26 Å². The highest BCUT2D eigenvalue weighted by atomic mass is 16.2. The predicted molar refractivity (Wildman–Crippen MR) is 58.6 cm³/mol. The largest absolute Gasteiger partial charge is 0.342 e. The van der Waals surface area contributed by atoms with E-state index in [2.05, 4.69) is 16.0 Å². The molecule has 0 aromatic heterocycles. The smallest absolute Gasteiger partial charge is 0.316 e. The van der Waals surface area contributed by atoms with Crippen LogP contribution in [0.3, 0.4) is 0 Å². The lowest BCUT2D eigenvalue weighted by molar-refractivity contribution is -0.120. The van der Waals surface area contributed by atoms with E-state index in [1.165, 1.54) is 4.90 Å². The SMILES string of the molecule is CN(C)C(=O)NCCNCC(=O)NCC#N. The minimum atomic E-state index is -0.236. The van der Waals surface area contributed by atoms with Crippen LogP contribution in [0.25, 0.3) is 0 Å². The number of hydrogen-bond donors (Lipinski definition) is 3. The maximum absolute atomic E-state index is 11.1. The highest BCUT2D eigenvalue weighted by Gasteiger charge is 2.01. The van der Waals surface area contributed by atoms with Crippen LogP contribution in [0.4, 0.5) is 4.79 Å². The number of carbonyl (C=O) groups is 2. The van der Waals surface area contributed by atoms with Gasteiger partial charge in [0.1, 0.15) is 6.54 Å². The average Bonchev–Trinajstić information content (AvgIpc) is 2.25. The third-order valence-electron chi connectivity index (χ3n) is 1.63. The van der Waals surface area contributed by atoms with Crippen molar-refractivity contribution in [2.45, 2.75) is 0 Å². The first-order chi connectivity index (χ1) is 7.57. The molecule has 0 aromatic carbocycles. The summed E-state index contributed by atoms with van der Waals surface area (Å²) in [7, 11) is 3.30. The van der Waals surface area contributed by atoms with Crippen molar-refractivity contribution in [2.75, 3.05) is 40.3 Å². The van der Waals surface area contributed by atoms with Gasteiger partial charge >= 0.3 is 6.03 Å². The van der Waals surface area contributed by atoms with E-state index in [1.807, 2.05) is 0 Å². The quantitative estimate of drug-likeness (QED) is 0.379. The number of hydrogen-bond acceptors (Lipinski definition) is 4. The van der Waals surface area contributed by atoms with Gasteiger partial charge in [0.15, 0.2) is 0 Å². The Balaban J connectivity index is 3.37. The standard InChI is InChI=1S/C9H17N5O2/c1-14(2)9(16)13-6-5-11-7-8(15)12-4-3-10/h11H,4-7H2,1-2H3,(H,12,15)(H,13,16). The lowest BCUT2D eigenvalue weighted by atomic mass is 10.5. The Kier molecular flexibility index (Phi) is 7.53. The maximum Gasteiger partial charge on any atom is 0.316 e. The second kappa shape index (κ2) is 8.49. The van der Waals surface area contributed by atoms with Crippen molar-refractivity contribution in [3.8, 4) is 6.07 Å². The average molecular weight is 227 g/mol. The fourth-order valence-corrected chi connectivity index (χ4v) is 0.818. The van der Waals surface area contributed by atoms with Crippen molar-refractivity contribution >= 4 is 11.9 Å². The second-order valence-electron chi connectivity index (χ2n) is 3.24. The van der Waals surface area contributed by atoms with Crippen LogP contribution in [0.1, 0.15) is 0 Å². The summed E-state index contributed by atoms with van der Waals surface area (Å²) in [6, 6.07) is 1.63. The van der Waals surface area contributed by atoms with Crippen LogP contribution in [0, 0.1) is 11.3 Å². The van der Waals surface area contributed by atoms with Gasteiger partial charge in [0.2, 0.25) is 5.91 Å². The Morgan fingerprint density at radius 3 is 2.50 bits per heavy atom. The molecule has 0 saturated heterocycles. The maximum atomic E-state index is 11.1. The third kappa shape index (κ3) is 7.58. The highest BCUT2D eigenvalue weighted by Crippen LogP contribution is 1.74. The van der Waals surface area contributed by atoms with E-state index < -0.39 is 0 Å². The van der Waals surface area contributed by atoms with E-state index in [1.54, 1.807) is 20.2 Å². The van der Waals surface area contributed by atoms with Crippen LogP contribution in [0.2, 0.25) is 0 Å². The van der Waals surface area contributed by atoms with E-state index in [0.29, 0.717) is 13.1 Å². The second-order valence-corrected chi connectivity index (χ2v) is 3.24. The fraction of sp³-hybridized carbons (Fsp3) is 0.667. The first-order valence-corrected chi connectivity index (χ1v) is 4.87. The van der Waals surface area contributed by atoms with Crippen molar-refractivity contribution in [3.63, 3.8) is 0 Å². The monoisotopic (exact) mass is 227 g/mol. The minimum absolute atomic E-state index is 0.0118. The molecule has 7 nitrogen and oxygen atoms in total. The molecule has 0 spiro atoms. The molecule has 0 saturated carbocycles. The zero-order valence-electron chi connectivity index (χ0n) is 9.54. The summed E-state index contributed by atoms with van der Waals surface area (Å²) >= 11 is 0. The van der Waals surface area contributed by atoms with Gasteiger partial charge in [-0.1, -0.05) is 0 Å². The number of carbonyl (C=O) groups excluding carboxylic acids is 2. The highest BCUT2D eigenvalue weighted by molar-refractivity contribution is 5.78. The molecule has 0 aliphatic carbocycles. The van der Waals surface area contributed by atoms with E-state index in [0.717, 1.165) is 0 Å². The molecule has 16 heavy (non-hydrogen) atoms. The fourth-order valence-electron chi connectivity index (χ4n) is 0.818. The summed E-state index contributed by atoms with van der Waals surface area (Å²) in [6.07, 6.45) is 0. The molecule has 0 rings (SSSR count). The van der Waals surface area contributed by atoms with Gasteiger partial charge in [0.25, 0.3) is 0 Å². The zero-order valence-corrected chi connectivity index (χ0v) is 9.54. The van der Waals surface area contributed by atoms with Gasteiger partial charge in [-0.05, 0) is 0 Å². The number of rotatable bonds is 6. The Morgan fingerprint density at radius 2 is 1.94 bits per heavy atom. The molecular weight excluding hydrogens is 210 g/mol. The molecule has 0 aromatic rings. The molecule has 0 radical (unpaired) electrons. The normalized spacial score (nSPS) is 9.06. The van der Waals surface area contributed by atoms with Crippen molar-refractivity contribution in [3.05, 3.63) is 0 Å². The molecule has 90 valence electrons. The van der Waals surface area contributed by atoms with Crippen LogP contribution in [0.15, 0.2) is 0 Å². The minimum Gasteiger partial charge on any atom is -0.342 e. The summed E-state index contributed by atoms with van der Waals surface area (Å²) in [5.74, 6) is -0.236. The predicted octanol–water partition coefficient (Wildman–Crippen LogP) is -1.51. The number of nitrogens with zero attached hydrogens (tertiary/aromatic N) is 2. The van der Waals surface area contributed by atoms with Crippen LogP contribution >= 0.6 is 0 Å². The summed E-state index contributed by atoms with van der Waals surface area (Å²) in [4.78, 5) is 23.5. The van der Waals surface area contributed by atoms with Gasteiger partial charge < -0.3 is 20.9 Å². The number of nitrogens with one attached hydrogen (secondary N) is 3.